The summed E-state index contributed by atoms with van der Waals surface area (Å²) in [5, 5.41) is 34.2. The van der Waals surface area contributed by atoms with E-state index < -0.39 is 35.4 Å². The first-order chi connectivity index (χ1) is 25.5. The van der Waals surface area contributed by atoms with Gasteiger partial charge in [-0.25, -0.2) is 0 Å². The number of hydrogen-bond acceptors (Lipinski definition) is 10. The van der Waals surface area contributed by atoms with Crippen LogP contribution in [0.15, 0.2) is 60.2 Å². The van der Waals surface area contributed by atoms with Gasteiger partial charge in [-0.05, 0) is 81.7 Å². The van der Waals surface area contributed by atoms with Crippen LogP contribution >= 0.6 is 11.6 Å². The number of aliphatic hydroxyl groups is 3. The first-order valence-corrected chi connectivity index (χ1v) is 20.0. The zero-order chi connectivity index (χ0) is 40.2. The van der Waals surface area contributed by atoms with Crippen LogP contribution in [0.2, 0.25) is 5.02 Å². The lowest BCUT2D eigenvalue weighted by Gasteiger charge is -2.39. The molecule has 54 heavy (non-hydrogen) atoms. The number of esters is 2. The summed E-state index contributed by atoms with van der Waals surface area (Å²) in [6, 6.07) is 7.14. The lowest BCUT2D eigenvalue weighted by Crippen LogP contribution is -2.54. The number of halogens is 1. The van der Waals surface area contributed by atoms with Crippen molar-refractivity contribution < 1.29 is 43.9 Å². The number of carbonyl (C=O) groups excluding carboxylic acids is 2. The summed E-state index contributed by atoms with van der Waals surface area (Å²) < 4.78 is 23.8. The minimum atomic E-state index is -1.39. The van der Waals surface area contributed by atoms with Gasteiger partial charge >= 0.3 is 11.9 Å². The minimum absolute atomic E-state index is 0.00149. The lowest BCUT2D eigenvalue weighted by atomic mass is 9.85. The van der Waals surface area contributed by atoms with E-state index in [0.29, 0.717) is 37.4 Å². The topological polar surface area (TPSA) is 138 Å². The Morgan fingerprint density at radius 2 is 1.87 bits per heavy atom. The van der Waals surface area contributed by atoms with Crippen molar-refractivity contribution >= 4 is 23.5 Å². The van der Waals surface area contributed by atoms with Crippen molar-refractivity contribution in [3.63, 3.8) is 0 Å². The van der Waals surface area contributed by atoms with Gasteiger partial charge in [0, 0.05) is 57.0 Å². The summed E-state index contributed by atoms with van der Waals surface area (Å²) in [5.74, 6) is -1.06. The largest absolute Gasteiger partial charge is 0.457 e. The maximum atomic E-state index is 13.3. The molecule has 11 heteroatoms. The van der Waals surface area contributed by atoms with Crippen LogP contribution in [0.1, 0.15) is 99.5 Å². The summed E-state index contributed by atoms with van der Waals surface area (Å²) in [6.07, 6.45) is 10.2. The molecule has 0 aromatic heterocycles. The zero-order valence-corrected chi connectivity index (χ0v) is 34.6. The van der Waals surface area contributed by atoms with Gasteiger partial charge in [-0.1, -0.05) is 82.2 Å². The van der Waals surface area contributed by atoms with E-state index in [1.165, 1.54) is 6.92 Å². The molecule has 2 heterocycles. The fourth-order valence-electron chi connectivity index (χ4n) is 7.75. The number of rotatable bonds is 17. The Morgan fingerprint density at radius 3 is 2.46 bits per heavy atom. The van der Waals surface area contributed by atoms with Crippen LogP contribution in [-0.4, -0.2) is 100 Å². The second-order valence-corrected chi connectivity index (χ2v) is 16.2. The van der Waals surface area contributed by atoms with E-state index in [1.54, 1.807) is 39.2 Å². The Bertz CT molecular complexity index is 1420. The molecule has 3 N–H and O–H groups in total. The predicted molar refractivity (Wildman–Crippen MR) is 212 cm³/mol. The first-order valence-electron chi connectivity index (χ1n) is 19.6. The van der Waals surface area contributed by atoms with Crippen LogP contribution in [0.25, 0.3) is 0 Å². The van der Waals surface area contributed by atoms with Gasteiger partial charge in [-0.2, -0.15) is 0 Å². The second-order valence-electron chi connectivity index (χ2n) is 15.8. The number of ether oxygens (including phenoxy) is 4. The van der Waals surface area contributed by atoms with E-state index >= 15 is 0 Å². The van der Waals surface area contributed by atoms with Crippen LogP contribution < -0.4 is 0 Å². The molecule has 1 aromatic rings. The monoisotopic (exact) mass is 775 g/mol. The van der Waals surface area contributed by atoms with Crippen LogP contribution in [-0.2, 0) is 35.1 Å². The quantitative estimate of drug-likeness (QED) is 0.0659. The molecule has 11 atom stereocenters. The minimum Gasteiger partial charge on any atom is -0.457 e. The van der Waals surface area contributed by atoms with Crippen molar-refractivity contribution in [3.05, 3.63) is 70.8 Å². The normalized spacial score (nSPS) is 29.8. The molecule has 0 saturated carbocycles. The van der Waals surface area contributed by atoms with Crippen molar-refractivity contribution in [2.24, 2.45) is 17.8 Å². The van der Waals surface area contributed by atoms with E-state index in [0.717, 1.165) is 24.0 Å². The molecule has 0 amide bonds. The molecule has 11 unspecified atom stereocenters. The van der Waals surface area contributed by atoms with Gasteiger partial charge in [0.05, 0.1) is 23.9 Å². The molecule has 1 fully saturated rings. The Morgan fingerprint density at radius 1 is 1.19 bits per heavy atom. The summed E-state index contributed by atoms with van der Waals surface area (Å²) in [6.45, 7) is 15.8. The Kier molecular flexibility index (Phi) is 17.9. The average molecular weight is 776 g/mol. The maximum Gasteiger partial charge on any atom is 0.306 e. The predicted octanol–water partition coefficient (Wildman–Crippen LogP) is 6.97. The molecule has 1 aromatic carbocycles. The molecule has 304 valence electrons. The fourth-order valence-corrected chi connectivity index (χ4v) is 7.88. The molecular formula is C43H66ClNO9. The number of carbonyl (C=O) groups is 2. The Hall–Kier alpha value is -2.57. The highest BCUT2D eigenvalue weighted by Crippen LogP contribution is 2.41. The number of aliphatic hydroxyl groups excluding tert-OH is 1. The maximum absolute atomic E-state index is 13.3. The first kappa shape index (κ1) is 45.8. The molecule has 0 spiro atoms. The van der Waals surface area contributed by atoms with E-state index in [9.17, 15) is 24.9 Å². The summed E-state index contributed by atoms with van der Waals surface area (Å²) in [5.41, 5.74) is -0.937. The van der Waals surface area contributed by atoms with Gasteiger partial charge in [0.2, 0.25) is 0 Å². The highest BCUT2D eigenvalue weighted by atomic mass is 35.5. The van der Waals surface area contributed by atoms with E-state index in [2.05, 4.69) is 18.7 Å². The SMILES string of the molecule is CCC1CCC(C)(O)C(OC(C)=O)C=CC(C)C(C(C)=CC=CC(C)(O)C(C2OC2C(C)C(CC)OC)N(CCCO)Cc2ccc(Cl)cc2)OC(=O)C1. The van der Waals surface area contributed by atoms with E-state index in [4.69, 9.17) is 30.5 Å². The molecule has 1 saturated heterocycles. The molecule has 0 radical (unpaired) electrons. The van der Waals surface area contributed by atoms with Crippen molar-refractivity contribution in [1.29, 1.82) is 0 Å². The zero-order valence-electron chi connectivity index (χ0n) is 33.9. The third-order valence-corrected chi connectivity index (χ3v) is 11.4. The number of hydrogen-bond donors (Lipinski definition) is 3. The summed E-state index contributed by atoms with van der Waals surface area (Å²) in [7, 11) is 1.71. The number of benzene rings is 1. The molecule has 10 nitrogen and oxygen atoms in total. The van der Waals surface area contributed by atoms with Gasteiger partial charge in [0.15, 0.2) is 0 Å². The number of methoxy groups -OCH3 is 1. The summed E-state index contributed by atoms with van der Waals surface area (Å²) >= 11 is 6.20. The highest BCUT2D eigenvalue weighted by Gasteiger charge is 2.56. The van der Waals surface area contributed by atoms with E-state index in [1.807, 2.05) is 57.2 Å². The molecule has 0 bridgehead atoms. The van der Waals surface area contributed by atoms with Gasteiger partial charge in [-0.15, -0.1) is 0 Å². The number of nitrogens with zero attached hydrogens (tertiary/aromatic N) is 1. The Balaban J connectivity index is 1.99. The average Bonchev–Trinajstić information content (AvgIpc) is 3.90. The second kappa shape index (κ2) is 21.1. The van der Waals surface area contributed by atoms with Crippen molar-refractivity contribution in [1.82, 2.24) is 4.90 Å². The molecule has 2 aliphatic heterocycles. The highest BCUT2D eigenvalue weighted by molar-refractivity contribution is 6.30. The van der Waals surface area contributed by atoms with Crippen LogP contribution in [0.5, 0.6) is 0 Å². The smallest absolute Gasteiger partial charge is 0.306 e. The standard InChI is InChI=1S/C43H66ClNO9/c1-10-32-21-23-42(7,49)36(52-31(6)47)20-15-29(4)38(53-37(48)26-32)28(3)14-12-22-43(8,50)41(40-39(54-40)30(5)35(11-2)51-9)45(24-13-25-46)27-33-16-18-34(44)19-17-33/h12,14-20,22,29-30,32,35-36,38-41,46,49-50H,10-11,13,21,23-27H2,1-9H3. The lowest BCUT2D eigenvalue weighted by molar-refractivity contribution is -0.156. The molecule has 2 aliphatic rings. The van der Waals surface area contributed by atoms with Gasteiger partial charge < -0.3 is 34.3 Å². The van der Waals surface area contributed by atoms with E-state index in [-0.39, 0.29) is 55.1 Å². The Labute approximate surface area is 328 Å². The van der Waals surface area contributed by atoms with Crippen LogP contribution in [0.3, 0.4) is 0 Å². The van der Waals surface area contributed by atoms with Crippen molar-refractivity contribution in [3.8, 4) is 0 Å². The number of allylic oxidation sites excluding steroid dienone is 2. The van der Waals surface area contributed by atoms with Crippen molar-refractivity contribution in [2.45, 2.75) is 148 Å². The summed E-state index contributed by atoms with van der Waals surface area (Å²) in [4.78, 5) is 27.5. The molecular weight excluding hydrogens is 710 g/mol. The third-order valence-electron chi connectivity index (χ3n) is 11.1. The fraction of sp³-hybridized carbons (Fsp3) is 0.674. The van der Waals surface area contributed by atoms with Crippen LogP contribution in [0, 0.1) is 17.8 Å². The van der Waals surface area contributed by atoms with Crippen LogP contribution in [0.4, 0.5) is 0 Å². The molecule has 3 rings (SSSR count). The number of epoxide rings is 1. The third kappa shape index (κ3) is 13.3. The van der Waals surface area contributed by atoms with Gasteiger partial charge in [-0.3, -0.25) is 14.5 Å². The van der Waals surface area contributed by atoms with Gasteiger partial charge in [0.1, 0.15) is 23.9 Å². The molecule has 0 aliphatic carbocycles. The van der Waals surface area contributed by atoms with Gasteiger partial charge in [0.25, 0.3) is 0 Å². The number of cyclic esters (lactones) is 1. The van der Waals surface area contributed by atoms with Crippen molar-refractivity contribution in [2.75, 3.05) is 20.3 Å².